The molecule has 33 heavy (non-hydrogen) atoms. The lowest BCUT2D eigenvalue weighted by atomic mass is 10.2. The highest BCUT2D eigenvalue weighted by Gasteiger charge is 2.09. The molecule has 0 unspecified atom stereocenters. The molecule has 0 atom stereocenters. The van der Waals surface area contributed by atoms with E-state index in [0.717, 1.165) is 16.9 Å². The number of rotatable bonds is 12. The molecule has 0 spiro atoms. The van der Waals surface area contributed by atoms with Gasteiger partial charge < -0.3 is 18.9 Å². The largest absolute Gasteiger partial charge is 0.497 e. The van der Waals surface area contributed by atoms with E-state index in [-0.39, 0.29) is 12.4 Å². The summed E-state index contributed by atoms with van der Waals surface area (Å²) in [5.41, 5.74) is 5.36. The Morgan fingerprint density at radius 1 is 1.12 bits per heavy atom. The first-order valence-corrected chi connectivity index (χ1v) is 11.4. The predicted molar refractivity (Wildman–Crippen MR) is 129 cm³/mol. The molecule has 1 N–H and O–H groups in total. The fraction of sp³-hybridized carbons (Fsp3) is 0.292. The number of aromatic nitrogens is 1. The Balaban J connectivity index is 1.60. The van der Waals surface area contributed by atoms with Crippen molar-refractivity contribution in [2.75, 3.05) is 25.7 Å². The third kappa shape index (κ3) is 7.50. The van der Waals surface area contributed by atoms with E-state index in [4.69, 9.17) is 18.9 Å². The van der Waals surface area contributed by atoms with Crippen LogP contribution < -0.4 is 19.6 Å². The molecule has 3 aromatic rings. The number of benzene rings is 2. The molecule has 3 rings (SSSR count). The van der Waals surface area contributed by atoms with Crippen LogP contribution in [0.4, 0.5) is 5.13 Å². The van der Waals surface area contributed by atoms with Gasteiger partial charge in [-0.15, -0.1) is 11.3 Å². The van der Waals surface area contributed by atoms with E-state index < -0.39 is 0 Å². The molecule has 1 aromatic heterocycles. The zero-order chi connectivity index (χ0) is 23.5. The topological polar surface area (TPSA) is 91.3 Å². The van der Waals surface area contributed by atoms with Gasteiger partial charge in [0.15, 0.2) is 11.5 Å². The number of carbonyl (C=O) groups excluding carboxylic acids is 1. The van der Waals surface area contributed by atoms with Gasteiger partial charge in [0.25, 0.3) is 0 Å². The van der Waals surface area contributed by atoms with E-state index in [0.29, 0.717) is 42.1 Å². The quantitative estimate of drug-likeness (QED) is 0.234. The van der Waals surface area contributed by atoms with Crippen LogP contribution >= 0.6 is 11.3 Å². The zero-order valence-electron chi connectivity index (χ0n) is 18.9. The molecule has 0 aliphatic heterocycles. The molecule has 0 saturated carbocycles. The molecule has 0 bridgehead atoms. The van der Waals surface area contributed by atoms with Crippen LogP contribution in [0, 0.1) is 0 Å². The molecule has 0 aliphatic carbocycles. The smallest absolute Gasteiger partial charge is 0.311 e. The number of hydrazone groups is 1. The minimum absolute atomic E-state index is 0.144. The number of anilines is 1. The molecular weight excluding hydrogens is 442 g/mol. The number of methoxy groups -OCH3 is 1. The van der Waals surface area contributed by atoms with Crippen molar-refractivity contribution in [2.45, 2.75) is 26.9 Å². The number of nitrogens with zero attached hydrogens (tertiary/aromatic N) is 2. The van der Waals surface area contributed by atoms with Crippen LogP contribution in [0.5, 0.6) is 17.2 Å². The highest BCUT2D eigenvalue weighted by molar-refractivity contribution is 7.13. The van der Waals surface area contributed by atoms with Crippen LogP contribution in [0.1, 0.15) is 30.7 Å². The highest BCUT2D eigenvalue weighted by Crippen LogP contribution is 2.29. The Hall–Kier alpha value is -3.59. The molecule has 174 valence electrons. The molecule has 0 aliphatic rings. The third-order valence-electron chi connectivity index (χ3n) is 4.35. The maximum atomic E-state index is 11.6. The molecule has 0 fully saturated rings. The van der Waals surface area contributed by atoms with Crippen molar-refractivity contribution in [1.29, 1.82) is 0 Å². The van der Waals surface area contributed by atoms with Gasteiger partial charge in [-0.3, -0.25) is 10.2 Å². The van der Waals surface area contributed by atoms with Crippen LogP contribution in [-0.2, 0) is 22.6 Å². The average molecular weight is 470 g/mol. The van der Waals surface area contributed by atoms with Gasteiger partial charge in [0.2, 0.25) is 5.13 Å². The molecule has 0 radical (unpaired) electrons. The van der Waals surface area contributed by atoms with Crippen LogP contribution in [0.2, 0.25) is 0 Å². The van der Waals surface area contributed by atoms with Gasteiger partial charge >= 0.3 is 5.97 Å². The molecule has 8 nitrogen and oxygen atoms in total. The second-order valence-corrected chi connectivity index (χ2v) is 7.63. The van der Waals surface area contributed by atoms with Crippen molar-refractivity contribution >= 4 is 28.7 Å². The van der Waals surface area contributed by atoms with E-state index in [2.05, 4.69) is 15.5 Å². The Bertz CT molecular complexity index is 1080. The molecule has 1 heterocycles. The summed E-state index contributed by atoms with van der Waals surface area (Å²) in [5.74, 6) is 1.77. The van der Waals surface area contributed by atoms with Crippen molar-refractivity contribution in [3.8, 4) is 17.2 Å². The van der Waals surface area contributed by atoms with Crippen LogP contribution in [0.15, 0.2) is 52.9 Å². The fourth-order valence-electron chi connectivity index (χ4n) is 2.88. The van der Waals surface area contributed by atoms with Gasteiger partial charge in [-0.2, -0.15) is 5.10 Å². The summed E-state index contributed by atoms with van der Waals surface area (Å²) < 4.78 is 21.9. The number of hydrogen-bond donors (Lipinski definition) is 1. The first-order chi connectivity index (χ1) is 16.1. The second kappa shape index (κ2) is 12.4. The van der Waals surface area contributed by atoms with E-state index >= 15 is 0 Å². The maximum Gasteiger partial charge on any atom is 0.311 e. The first kappa shape index (κ1) is 24.1. The van der Waals surface area contributed by atoms with E-state index in [1.54, 1.807) is 25.6 Å². The minimum Gasteiger partial charge on any atom is -0.497 e. The van der Waals surface area contributed by atoms with Crippen LogP contribution in [0.3, 0.4) is 0 Å². The van der Waals surface area contributed by atoms with Crippen LogP contribution in [0.25, 0.3) is 0 Å². The van der Waals surface area contributed by atoms with Gasteiger partial charge in [-0.05, 0) is 55.3 Å². The molecule has 0 amide bonds. The summed E-state index contributed by atoms with van der Waals surface area (Å²) in [6.45, 7) is 4.95. The lowest BCUT2D eigenvalue weighted by molar-refractivity contribution is -0.142. The number of thiazole rings is 1. The van der Waals surface area contributed by atoms with E-state index in [1.807, 2.05) is 49.4 Å². The summed E-state index contributed by atoms with van der Waals surface area (Å²) in [4.78, 5) is 15.9. The lowest BCUT2D eigenvalue weighted by Gasteiger charge is -2.13. The summed E-state index contributed by atoms with van der Waals surface area (Å²) >= 11 is 1.37. The van der Waals surface area contributed by atoms with Gasteiger partial charge in [-0.25, -0.2) is 4.98 Å². The second-order valence-electron chi connectivity index (χ2n) is 6.78. The molecule has 2 aromatic carbocycles. The molecular formula is C24H27N3O5S. The minimum atomic E-state index is -0.296. The zero-order valence-corrected chi connectivity index (χ0v) is 19.7. The number of ether oxygens (including phenoxy) is 4. The average Bonchev–Trinajstić information content (AvgIpc) is 3.26. The third-order valence-corrected chi connectivity index (χ3v) is 5.15. The standard InChI is InChI=1S/C24H27N3O5S/c1-4-30-22-12-17(9-10-21(22)32-15-18-7-6-8-20(11-18)29-3)14-25-27-24-26-19(16-33-24)13-23(28)31-5-2/h6-12,14,16H,4-5,13,15H2,1-3H3,(H,26,27). The van der Waals surface area contributed by atoms with E-state index in [1.165, 1.54) is 11.3 Å². The van der Waals surface area contributed by atoms with Crippen molar-refractivity contribution in [1.82, 2.24) is 4.98 Å². The van der Waals surface area contributed by atoms with Crippen molar-refractivity contribution in [2.24, 2.45) is 5.10 Å². The van der Waals surface area contributed by atoms with Gasteiger partial charge in [0, 0.05) is 5.38 Å². The number of hydrogen-bond acceptors (Lipinski definition) is 9. The Morgan fingerprint density at radius 2 is 2.00 bits per heavy atom. The Labute approximate surface area is 197 Å². The predicted octanol–water partition coefficient (Wildman–Crippen LogP) is 4.68. The normalized spacial score (nSPS) is 10.8. The Kier molecular flexibility index (Phi) is 9.08. The number of esters is 1. The van der Waals surface area contributed by atoms with Crippen molar-refractivity contribution in [3.05, 3.63) is 64.7 Å². The van der Waals surface area contributed by atoms with Gasteiger partial charge in [-0.1, -0.05) is 12.1 Å². The lowest BCUT2D eigenvalue weighted by Crippen LogP contribution is -2.07. The summed E-state index contributed by atoms with van der Waals surface area (Å²) in [6.07, 6.45) is 1.81. The van der Waals surface area contributed by atoms with Crippen LogP contribution in [-0.4, -0.2) is 37.5 Å². The SMILES string of the molecule is CCOC(=O)Cc1csc(NN=Cc2ccc(OCc3cccc(OC)c3)c(OCC)c2)n1. The van der Waals surface area contributed by atoms with E-state index in [9.17, 15) is 4.79 Å². The Morgan fingerprint density at radius 3 is 2.79 bits per heavy atom. The summed E-state index contributed by atoms with van der Waals surface area (Å²) in [7, 11) is 1.64. The summed E-state index contributed by atoms with van der Waals surface area (Å²) in [5, 5.41) is 6.62. The highest BCUT2D eigenvalue weighted by atomic mass is 32.1. The first-order valence-electron chi connectivity index (χ1n) is 10.5. The van der Waals surface area contributed by atoms with Crippen molar-refractivity contribution in [3.63, 3.8) is 0 Å². The number of nitrogens with one attached hydrogen (secondary N) is 1. The maximum absolute atomic E-state index is 11.6. The van der Waals surface area contributed by atoms with Crippen molar-refractivity contribution < 1.29 is 23.7 Å². The molecule has 0 saturated heterocycles. The van der Waals surface area contributed by atoms with Gasteiger partial charge in [0.05, 0.1) is 38.7 Å². The fourth-order valence-corrected chi connectivity index (χ4v) is 3.54. The molecule has 9 heteroatoms. The van der Waals surface area contributed by atoms with Gasteiger partial charge in [0.1, 0.15) is 12.4 Å². The number of carbonyl (C=O) groups is 1. The monoisotopic (exact) mass is 469 g/mol. The summed E-state index contributed by atoms with van der Waals surface area (Å²) in [6, 6.07) is 13.3.